The minimum absolute atomic E-state index is 0.0598. The molecular weight excluding hydrogens is 327 g/mol. The molecule has 0 radical (unpaired) electrons. The van der Waals surface area contributed by atoms with Crippen LogP contribution in [0.4, 0.5) is 13.2 Å². The van der Waals surface area contributed by atoms with Crippen LogP contribution in [0.5, 0.6) is 11.5 Å². The van der Waals surface area contributed by atoms with Gasteiger partial charge in [-0.25, -0.2) is 0 Å². The summed E-state index contributed by atoms with van der Waals surface area (Å²) in [6.07, 6.45) is -5.23. The van der Waals surface area contributed by atoms with Crippen molar-refractivity contribution >= 4 is 5.97 Å². The normalized spacial score (nSPS) is 21.8. The van der Waals surface area contributed by atoms with Crippen molar-refractivity contribution in [1.82, 2.24) is 4.90 Å². The largest absolute Gasteiger partial charge is 0.496 e. The van der Waals surface area contributed by atoms with Crippen LogP contribution in [-0.4, -0.2) is 49.5 Å². The van der Waals surface area contributed by atoms with Crippen molar-refractivity contribution in [2.24, 2.45) is 5.41 Å². The van der Waals surface area contributed by atoms with Gasteiger partial charge in [0.15, 0.2) is 5.41 Å². The SMILES string of the molecule is COc1cc(CN2CCC(C(=O)O)(C(F)(F)F)C2)cc(OC)c1C. The first-order valence-corrected chi connectivity index (χ1v) is 7.38. The molecule has 1 aromatic carbocycles. The summed E-state index contributed by atoms with van der Waals surface area (Å²) in [7, 11) is 3.00. The number of aliphatic carboxylic acids is 1. The van der Waals surface area contributed by atoms with Crippen LogP contribution < -0.4 is 9.47 Å². The van der Waals surface area contributed by atoms with Gasteiger partial charge in [-0.2, -0.15) is 13.2 Å². The van der Waals surface area contributed by atoms with Crippen molar-refractivity contribution in [1.29, 1.82) is 0 Å². The maximum Gasteiger partial charge on any atom is 0.406 e. The lowest BCUT2D eigenvalue weighted by molar-refractivity contribution is -0.227. The summed E-state index contributed by atoms with van der Waals surface area (Å²) >= 11 is 0. The fraction of sp³-hybridized carbons (Fsp3) is 0.562. The summed E-state index contributed by atoms with van der Waals surface area (Å²) in [6, 6.07) is 3.46. The maximum atomic E-state index is 13.2. The van der Waals surface area contributed by atoms with Crippen molar-refractivity contribution in [2.75, 3.05) is 27.3 Å². The smallest absolute Gasteiger partial charge is 0.406 e. The molecule has 0 bridgehead atoms. The van der Waals surface area contributed by atoms with Crippen LogP contribution in [0.3, 0.4) is 0 Å². The molecule has 0 amide bonds. The third-order valence-electron chi connectivity index (χ3n) is 4.52. The maximum absolute atomic E-state index is 13.2. The number of carbonyl (C=O) groups is 1. The average Bonchev–Trinajstić information content (AvgIpc) is 2.94. The molecule has 24 heavy (non-hydrogen) atoms. The number of alkyl halides is 3. The minimum atomic E-state index is -4.78. The molecule has 0 aliphatic carbocycles. The molecule has 1 unspecified atom stereocenters. The number of benzene rings is 1. The summed E-state index contributed by atoms with van der Waals surface area (Å²) < 4.78 is 50.2. The number of hydrogen-bond donors (Lipinski definition) is 1. The molecule has 0 saturated carbocycles. The van der Waals surface area contributed by atoms with Crippen molar-refractivity contribution in [3.05, 3.63) is 23.3 Å². The molecule has 1 heterocycles. The first-order chi connectivity index (χ1) is 11.1. The Morgan fingerprint density at radius 3 is 2.21 bits per heavy atom. The Kier molecular flexibility index (Phi) is 4.98. The van der Waals surface area contributed by atoms with Gasteiger partial charge in [0, 0.05) is 25.2 Å². The van der Waals surface area contributed by atoms with Crippen LogP contribution in [-0.2, 0) is 11.3 Å². The van der Waals surface area contributed by atoms with E-state index in [4.69, 9.17) is 14.6 Å². The summed E-state index contributed by atoms with van der Waals surface area (Å²) in [5.74, 6) is -0.677. The lowest BCUT2D eigenvalue weighted by Gasteiger charge is -2.27. The predicted molar refractivity (Wildman–Crippen MR) is 80.3 cm³/mol. The number of likely N-dealkylation sites (tertiary alicyclic amines) is 1. The van der Waals surface area contributed by atoms with Gasteiger partial charge < -0.3 is 14.6 Å². The second-order valence-electron chi connectivity index (χ2n) is 5.97. The Balaban J connectivity index is 2.23. The highest BCUT2D eigenvalue weighted by Gasteiger charge is 2.63. The zero-order chi connectivity index (χ0) is 18.1. The lowest BCUT2D eigenvalue weighted by atomic mass is 9.86. The van der Waals surface area contributed by atoms with Crippen LogP contribution in [0.25, 0.3) is 0 Å². The topological polar surface area (TPSA) is 59.0 Å². The van der Waals surface area contributed by atoms with Crippen molar-refractivity contribution in [2.45, 2.75) is 26.1 Å². The second kappa shape index (κ2) is 6.51. The van der Waals surface area contributed by atoms with E-state index in [0.29, 0.717) is 17.1 Å². The number of hydrogen-bond acceptors (Lipinski definition) is 4. The molecule has 1 saturated heterocycles. The minimum Gasteiger partial charge on any atom is -0.496 e. The van der Waals surface area contributed by atoms with Crippen LogP contribution in [0.1, 0.15) is 17.5 Å². The molecular formula is C16H20F3NO4. The Morgan fingerprint density at radius 2 is 1.83 bits per heavy atom. The van der Waals surface area contributed by atoms with Crippen molar-refractivity contribution in [3.63, 3.8) is 0 Å². The molecule has 5 nitrogen and oxygen atoms in total. The van der Waals surface area contributed by atoms with Gasteiger partial charge in [0.25, 0.3) is 0 Å². The van der Waals surface area contributed by atoms with E-state index >= 15 is 0 Å². The fourth-order valence-corrected chi connectivity index (χ4v) is 3.04. The van der Waals surface area contributed by atoms with Crippen LogP contribution in [0.15, 0.2) is 12.1 Å². The molecule has 1 fully saturated rings. The molecule has 2 rings (SSSR count). The highest BCUT2D eigenvalue weighted by Crippen LogP contribution is 2.46. The molecule has 134 valence electrons. The van der Waals surface area contributed by atoms with E-state index in [0.717, 1.165) is 5.56 Å². The zero-order valence-corrected chi connectivity index (χ0v) is 13.7. The van der Waals surface area contributed by atoms with E-state index in [2.05, 4.69) is 0 Å². The first kappa shape index (κ1) is 18.4. The number of carboxylic acids is 1. The Hall–Kier alpha value is -1.96. The van der Waals surface area contributed by atoms with Gasteiger partial charge in [0.1, 0.15) is 11.5 Å². The number of halogens is 3. The average molecular weight is 347 g/mol. The standard InChI is InChI=1S/C16H20F3NO4/c1-10-12(23-2)6-11(7-13(10)24-3)8-20-5-4-15(9-20,14(21)22)16(17,18)19/h6-7H,4-5,8-9H2,1-3H3,(H,21,22). The lowest BCUT2D eigenvalue weighted by Crippen LogP contribution is -2.47. The Morgan fingerprint density at radius 1 is 1.29 bits per heavy atom. The molecule has 1 aliphatic rings. The van der Waals surface area contributed by atoms with Crippen LogP contribution in [0.2, 0.25) is 0 Å². The highest BCUT2D eigenvalue weighted by molar-refractivity contribution is 5.76. The number of carboxylic acid groups (broad SMARTS) is 1. The van der Waals surface area contributed by atoms with Gasteiger partial charge in [-0.15, -0.1) is 0 Å². The Labute approximate surface area is 138 Å². The molecule has 8 heteroatoms. The third-order valence-corrected chi connectivity index (χ3v) is 4.52. The van der Waals surface area contributed by atoms with E-state index in [1.165, 1.54) is 19.1 Å². The van der Waals surface area contributed by atoms with E-state index < -0.39 is 30.5 Å². The second-order valence-corrected chi connectivity index (χ2v) is 5.97. The summed E-state index contributed by atoms with van der Waals surface area (Å²) in [5, 5.41) is 9.10. The number of ether oxygens (including phenoxy) is 2. The number of nitrogens with zero attached hydrogens (tertiary/aromatic N) is 1. The third kappa shape index (κ3) is 3.15. The number of methoxy groups -OCH3 is 2. The molecule has 1 aromatic rings. The van der Waals surface area contributed by atoms with Gasteiger partial charge in [0.2, 0.25) is 0 Å². The van der Waals surface area contributed by atoms with Gasteiger partial charge in [-0.3, -0.25) is 9.69 Å². The van der Waals surface area contributed by atoms with Crippen molar-refractivity contribution < 1.29 is 32.5 Å². The summed E-state index contributed by atoms with van der Waals surface area (Å²) in [4.78, 5) is 12.7. The molecule has 1 atom stereocenters. The van der Waals surface area contributed by atoms with E-state index in [9.17, 15) is 18.0 Å². The van der Waals surface area contributed by atoms with Gasteiger partial charge >= 0.3 is 12.1 Å². The summed E-state index contributed by atoms with van der Waals surface area (Å²) in [5.41, 5.74) is -1.20. The fourth-order valence-electron chi connectivity index (χ4n) is 3.04. The zero-order valence-electron chi connectivity index (χ0n) is 13.7. The number of rotatable bonds is 5. The van der Waals surface area contributed by atoms with E-state index in [1.807, 2.05) is 6.92 Å². The molecule has 0 spiro atoms. The molecule has 0 aromatic heterocycles. The van der Waals surface area contributed by atoms with E-state index in [1.54, 1.807) is 12.1 Å². The Bertz CT molecular complexity index is 607. The van der Waals surface area contributed by atoms with Gasteiger partial charge in [0.05, 0.1) is 14.2 Å². The van der Waals surface area contributed by atoms with Crippen LogP contribution >= 0.6 is 0 Å². The van der Waals surface area contributed by atoms with Crippen molar-refractivity contribution in [3.8, 4) is 11.5 Å². The molecule has 1 aliphatic heterocycles. The van der Waals surface area contributed by atoms with E-state index in [-0.39, 0.29) is 13.1 Å². The van der Waals surface area contributed by atoms with Gasteiger partial charge in [-0.05, 0) is 31.0 Å². The monoisotopic (exact) mass is 347 g/mol. The first-order valence-electron chi connectivity index (χ1n) is 7.38. The quantitative estimate of drug-likeness (QED) is 0.888. The molecule has 1 N–H and O–H groups in total. The predicted octanol–water partition coefficient (Wildman–Crippen LogP) is 2.85. The highest BCUT2D eigenvalue weighted by atomic mass is 19.4. The van der Waals surface area contributed by atoms with Crippen LogP contribution in [0, 0.1) is 12.3 Å². The van der Waals surface area contributed by atoms with Gasteiger partial charge in [-0.1, -0.05) is 0 Å². The summed E-state index contributed by atoms with van der Waals surface area (Å²) in [6.45, 7) is 1.50.